The molecule has 1 rings (SSSR count). The lowest BCUT2D eigenvalue weighted by atomic mass is 9.93. The summed E-state index contributed by atoms with van der Waals surface area (Å²) < 4.78 is 1.04. The minimum absolute atomic E-state index is 0.110. The molecule has 1 amide bonds. The molecular formula is C17H27BrN2O. The van der Waals surface area contributed by atoms with Crippen LogP contribution < -0.4 is 11.1 Å². The number of benzene rings is 1. The fraction of sp³-hybridized carbons (Fsp3) is 0.588. The summed E-state index contributed by atoms with van der Waals surface area (Å²) in [6.45, 7) is 6.92. The molecule has 0 saturated carbocycles. The third-order valence-electron chi connectivity index (χ3n) is 3.95. The SMILES string of the molecule is CCC(CCN)CCC(=O)NC(C)(C)c1ccc(Br)cc1. The molecule has 0 aromatic heterocycles. The van der Waals surface area contributed by atoms with Gasteiger partial charge in [0.1, 0.15) is 0 Å². The third kappa shape index (κ3) is 6.18. The molecule has 3 nitrogen and oxygen atoms in total. The van der Waals surface area contributed by atoms with Crippen molar-refractivity contribution in [2.24, 2.45) is 11.7 Å². The molecule has 21 heavy (non-hydrogen) atoms. The van der Waals surface area contributed by atoms with E-state index in [4.69, 9.17) is 5.73 Å². The third-order valence-corrected chi connectivity index (χ3v) is 4.48. The van der Waals surface area contributed by atoms with Crippen LogP contribution in [0.15, 0.2) is 28.7 Å². The van der Waals surface area contributed by atoms with E-state index in [0.29, 0.717) is 18.9 Å². The fourth-order valence-electron chi connectivity index (χ4n) is 2.47. The maximum absolute atomic E-state index is 12.2. The number of amides is 1. The van der Waals surface area contributed by atoms with E-state index in [1.807, 2.05) is 38.1 Å². The first-order valence-corrected chi connectivity index (χ1v) is 8.45. The largest absolute Gasteiger partial charge is 0.347 e. The lowest BCUT2D eigenvalue weighted by Gasteiger charge is -2.27. The molecule has 0 aliphatic heterocycles. The molecule has 0 bridgehead atoms. The summed E-state index contributed by atoms with van der Waals surface area (Å²) in [5, 5.41) is 3.13. The van der Waals surface area contributed by atoms with Gasteiger partial charge in [-0.15, -0.1) is 0 Å². The zero-order valence-electron chi connectivity index (χ0n) is 13.3. The summed E-state index contributed by atoms with van der Waals surface area (Å²) in [4.78, 5) is 12.2. The van der Waals surface area contributed by atoms with Crippen LogP contribution in [0.3, 0.4) is 0 Å². The average Bonchev–Trinajstić information content (AvgIpc) is 2.43. The zero-order valence-corrected chi connectivity index (χ0v) is 14.9. The Bertz CT molecular complexity index is 443. The molecule has 0 radical (unpaired) electrons. The number of hydrogen-bond donors (Lipinski definition) is 2. The summed E-state index contributed by atoms with van der Waals surface area (Å²) >= 11 is 3.43. The molecule has 1 atom stereocenters. The van der Waals surface area contributed by atoms with Crippen LogP contribution in [0.4, 0.5) is 0 Å². The lowest BCUT2D eigenvalue weighted by molar-refractivity contribution is -0.123. The highest BCUT2D eigenvalue weighted by molar-refractivity contribution is 9.10. The van der Waals surface area contributed by atoms with E-state index in [9.17, 15) is 4.79 Å². The van der Waals surface area contributed by atoms with Crippen LogP contribution in [0.2, 0.25) is 0 Å². The van der Waals surface area contributed by atoms with Crippen LogP contribution in [0, 0.1) is 5.92 Å². The second kappa shape index (κ2) is 8.54. The first-order valence-electron chi connectivity index (χ1n) is 7.66. The first-order chi connectivity index (χ1) is 9.89. The molecule has 118 valence electrons. The Morgan fingerprint density at radius 1 is 1.29 bits per heavy atom. The summed E-state index contributed by atoms with van der Waals surface area (Å²) in [6.07, 6.45) is 3.56. The smallest absolute Gasteiger partial charge is 0.220 e. The predicted octanol–water partition coefficient (Wildman–Crippen LogP) is 3.96. The molecule has 4 heteroatoms. The van der Waals surface area contributed by atoms with Crippen LogP contribution in [0.1, 0.15) is 52.0 Å². The van der Waals surface area contributed by atoms with Crippen molar-refractivity contribution in [3.8, 4) is 0 Å². The van der Waals surface area contributed by atoms with E-state index >= 15 is 0 Å². The summed E-state index contributed by atoms with van der Waals surface area (Å²) in [5.41, 5.74) is 6.35. The molecule has 3 N–H and O–H groups in total. The van der Waals surface area contributed by atoms with E-state index in [1.54, 1.807) is 0 Å². The Labute approximate surface area is 136 Å². The number of hydrogen-bond acceptors (Lipinski definition) is 2. The van der Waals surface area contributed by atoms with Crippen molar-refractivity contribution < 1.29 is 4.79 Å². The van der Waals surface area contributed by atoms with Crippen molar-refractivity contribution >= 4 is 21.8 Å². The summed E-state index contributed by atoms with van der Waals surface area (Å²) in [7, 11) is 0. The van der Waals surface area contributed by atoms with E-state index in [0.717, 1.165) is 29.3 Å². The first kappa shape index (κ1) is 18.2. The Morgan fingerprint density at radius 2 is 1.90 bits per heavy atom. The maximum Gasteiger partial charge on any atom is 0.220 e. The number of nitrogens with one attached hydrogen (secondary N) is 1. The number of nitrogens with two attached hydrogens (primary N) is 1. The normalized spacial score (nSPS) is 13.0. The molecule has 0 aliphatic carbocycles. The average molecular weight is 355 g/mol. The van der Waals surface area contributed by atoms with Gasteiger partial charge in [0.05, 0.1) is 5.54 Å². The Balaban J connectivity index is 2.54. The van der Waals surface area contributed by atoms with Gasteiger partial charge in [-0.2, -0.15) is 0 Å². The predicted molar refractivity (Wildman–Crippen MR) is 92.0 cm³/mol. The molecule has 1 aromatic carbocycles. The van der Waals surface area contributed by atoms with Crippen molar-refractivity contribution in [1.29, 1.82) is 0 Å². The van der Waals surface area contributed by atoms with Gasteiger partial charge in [0.15, 0.2) is 0 Å². The number of carbonyl (C=O) groups excluding carboxylic acids is 1. The number of rotatable bonds is 8. The van der Waals surface area contributed by atoms with Crippen LogP contribution in [0.25, 0.3) is 0 Å². The van der Waals surface area contributed by atoms with Crippen molar-refractivity contribution in [1.82, 2.24) is 5.32 Å². The van der Waals surface area contributed by atoms with Gasteiger partial charge in [-0.1, -0.05) is 41.4 Å². The fourth-order valence-corrected chi connectivity index (χ4v) is 2.74. The summed E-state index contributed by atoms with van der Waals surface area (Å²) in [5.74, 6) is 0.662. The molecule has 1 aromatic rings. The van der Waals surface area contributed by atoms with Gasteiger partial charge in [-0.25, -0.2) is 0 Å². The van der Waals surface area contributed by atoms with E-state index in [1.165, 1.54) is 0 Å². The van der Waals surface area contributed by atoms with E-state index < -0.39 is 0 Å². The Morgan fingerprint density at radius 3 is 2.43 bits per heavy atom. The number of carbonyl (C=O) groups is 1. The quantitative estimate of drug-likeness (QED) is 0.742. The highest BCUT2D eigenvalue weighted by Crippen LogP contribution is 2.23. The van der Waals surface area contributed by atoms with Crippen LogP contribution in [-0.2, 0) is 10.3 Å². The summed E-state index contributed by atoms with van der Waals surface area (Å²) in [6, 6.07) is 8.07. The highest BCUT2D eigenvalue weighted by atomic mass is 79.9. The van der Waals surface area contributed by atoms with E-state index in [-0.39, 0.29) is 11.4 Å². The van der Waals surface area contributed by atoms with E-state index in [2.05, 4.69) is 28.2 Å². The van der Waals surface area contributed by atoms with Crippen LogP contribution in [0.5, 0.6) is 0 Å². The van der Waals surface area contributed by atoms with Crippen molar-refractivity contribution in [2.45, 2.75) is 52.0 Å². The van der Waals surface area contributed by atoms with Crippen LogP contribution >= 0.6 is 15.9 Å². The Hall–Kier alpha value is -0.870. The van der Waals surface area contributed by atoms with Gasteiger partial charge in [-0.3, -0.25) is 4.79 Å². The zero-order chi connectivity index (χ0) is 15.9. The second-order valence-corrected chi connectivity index (χ2v) is 6.99. The molecule has 0 heterocycles. The maximum atomic E-state index is 12.2. The van der Waals surface area contributed by atoms with Gasteiger partial charge in [0.2, 0.25) is 5.91 Å². The van der Waals surface area contributed by atoms with Crippen LogP contribution in [-0.4, -0.2) is 12.5 Å². The monoisotopic (exact) mass is 354 g/mol. The van der Waals surface area contributed by atoms with Crippen molar-refractivity contribution in [3.63, 3.8) is 0 Å². The molecular weight excluding hydrogens is 328 g/mol. The van der Waals surface area contributed by atoms with Crippen molar-refractivity contribution in [3.05, 3.63) is 34.3 Å². The van der Waals surface area contributed by atoms with Gasteiger partial charge in [0, 0.05) is 10.9 Å². The van der Waals surface area contributed by atoms with Gasteiger partial charge >= 0.3 is 0 Å². The minimum atomic E-state index is -0.354. The molecule has 0 fully saturated rings. The topological polar surface area (TPSA) is 55.1 Å². The molecule has 0 aliphatic rings. The molecule has 0 saturated heterocycles. The minimum Gasteiger partial charge on any atom is -0.347 e. The van der Waals surface area contributed by atoms with Gasteiger partial charge < -0.3 is 11.1 Å². The highest BCUT2D eigenvalue weighted by Gasteiger charge is 2.22. The van der Waals surface area contributed by atoms with Gasteiger partial charge in [-0.05, 0) is 56.8 Å². The Kier molecular flexibility index (Phi) is 7.40. The van der Waals surface area contributed by atoms with Gasteiger partial charge in [0.25, 0.3) is 0 Å². The molecule has 1 unspecified atom stereocenters. The van der Waals surface area contributed by atoms with Crippen molar-refractivity contribution in [2.75, 3.05) is 6.54 Å². The lowest BCUT2D eigenvalue weighted by Crippen LogP contribution is -2.41. The standard InChI is InChI=1S/C17H27BrN2O/c1-4-13(11-12-19)5-10-16(21)20-17(2,3)14-6-8-15(18)9-7-14/h6-9,13H,4-5,10-12,19H2,1-3H3,(H,20,21). The number of halogens is 1. The molecule has 0 spiro atoms. The second-order valence-electron chi connectivity index (χ2n) is 6.07.